The third-order valence-corrected chi connectivity index (χ3v) is 15.2. The normalized spacial score (nSPS) is 51.3. The molecule has 4 saturated carbocycles. The summed E-state index contributed by atoms with van der Waals surface area (Å²) in [5.74, 6) is 0.0122. The van der Waals surface area contributed by atoms with Gasteiger partial charge in [0.1, 0.15) is 24.4 Å². The van der Waals surface area contributed by atoms with Crippen molar-refractivity contribution in [1.29, 1.82) is 0 Å². The molecular weight excluding hydrogens is 608 g/mol. The Balaban J connectivity index is 1.38. The maximum absolute atomic E-state index is 14.1. The van der Waals surface area contributed by atoms with Crippen LogP contribution in [0, 0.1) is 51.2 Å². The van der Waals surface area contributed by atoms with Crippen LogP contribution in [0.4, 0.5) is 0 Å². The summed E-state index contributed by atoms with van der Waals surface area (Å²) in [7, 11) is 0. The maximum Gasteiger partial charge on any atom is 0.317 e. The Bertz CT molecular complexity index is 1140. The molecule has 0 bridgehead atoms. The molecule has 17 atom stereocenters. The molecule has 1 heterocycles. The summed E-state index contributed by atoms with van der Waals surface area (Å²) in [4.78, 5) is 14.1. The van der Waals surface area contributed by atoms with Crippen LogP contribution < -0.4 is 0 Å². The van der Waals surface area contributed by atoms with Crippen LogP contribution in [0.25, 0.3) is 0 Å². The van der Waals surface area contributed by atoms with Crippen molar-refractivity contribution in [2.24, 2.45) is 51.2 Å². The first kappa shape index (κ1) is 37.4. The second kappa shape index (κ2) is 12.7. The van der Waals surface area contributed by atoms with Crippen molar-refractivity contribution >= 4 is 5.97 Å². The number of aliphatic hydroxyl groups is 8. The van der Waals surface area contributed by atoms with Crippen molar-refractivity contribution in [3.63, 3.8) is 0 Å². The molecule has 5 fully saturated rings. The summed E-state index contributed by atoms with van der Waals surface area (Å²) in [5.41, 5.74) is -3.21. The van der Waals surface area contributed by atoms with E-state index in [-0.39, 0.29) is 23.2 Å². The summed E-state index contributed by atoms with van der Waals surface area (Å²) in [5, 5.41) is 84.7. The van der Waals surface area contributed by atoms with Gasteiger partial charge in [-0.25, -0.2) is 0 Å². The van der Waals surface area contributed by atoms with Gasteiger partial charge in [0, 0.05) is 11.8 Å². The fourth-order valence-electron chi connectivity index (χ4n) is 11.8. The van der Waals surface area contributed by atoms with E-state index in [0.29, 0.717) is 30.6 Å². The largest absolute Gasteiger partial charge is 0.432 e. The van der Waals surface area contributed by atoms with E-state index in [1.165, 1.54) is 0 Å². The fourth-order valence-corrected chi connectivity index (χ4v) is 11.8. The van der Waals surface area contributed by atoms with Crippen LogP contribution in [0.1, 0.15) is 106 Å². The minimum absolute atomic E-state index is 0.000705. The Kier molecular flexibility index (Phi) is 10.1. The molecule has 11 nitrogen and oxygen atoms in total. The topological polar surface area (TPSA) is 197 Å². The van der Waals surface area contributed by atoms with E-state index in [4.69, 9.17) is 9.47 Å². The molecule has 1 saturated heterocycles. The van der Waals surface area contributed by atoms with E-state index < -0.39 is 83.9 Å². The minimum atomic E-state index is -1.75. The number of fused-ring (bicyclic) bond motifs is 5. The molecule has 272 valence electrons. The van der Waals surface area contributed by atoms with Crippen LogP contribution >= 0.6 is 0 Å². The lowest BCUT2D eigenvalue weighted by atomic mass is 9.37. The van der Waals surface area contributed by atoms with Gasteiger partial charge in [-0.3, -0.25) is 4.79 Å². The van der Waals surface area contributed by atoms with Gasteiger partial charge in [-0.2, -0.15) is 0 Å². The first-order valence-electron chi connectivity index (χ1n) is 18.0. The van der Waals surface area contributed by atoms with Crippen molar-refractivity contribution in [2.45, 2.75) is 161 Å². The average molecular weight is 671 g/mol. The van der Waals surface area contributed by atoms with E-state index >= 15 is 0 Å². The molecule has 0 aromatic heterocycles. The lowest BCUT2D eigenvalue weighted by Gasteiger charge is -2.68. The van der Waals surface area contributed by atoms with Crippen LogP contribution in [0.5, 0.6) is 0 Å². The summed E-state index contributed by atoms with van der Waals surface area (Å²) in [6.45, 7) is 13.5. The highest BCUT2D eigenvalue weighted by Gasteiger charge is 2.71. The van der Waals surface area contributed by atoms with Crippen molar-refractivity contribution < 1.29 is 55.1 Å². The van der Waals surface area contributed by atoms with Gasteiger partial charge in [0.05, 0.1) is 35.9 Å². The lowest BCUT2D eigenvalue weighted by molar-refractivity contribution is -0.303. The van der Waals surface area contributed by atoms with E-state index in [1.807, 2.05) is 0 Å². The van der Waals surface area contributed by atoms with Crippen molar-refractivity contribution in [3.8, 4) is 0 Å². The number of hydrogen-bond donors (Lipinski definition) is 8. The zero-order valence-electron chi connectivity index (χ0n) is 29.4. The number of aliphatic hydroxyl groups excluding tert-OH is 7. The predicted molar refractivity (Wildman–Crippen MR) is 171 cm³/mol. The molecular formula is C36H62O11. The average Bonchev–Trinajstić information content (AvgIpc) is 3.29. The molecule has 0 spiro atoms. The SMILES string of the molecule is C[C@H](CC[C@H](O)C(C)(C)O)[C@@H]1CC[C@]2(C)[C@H]3CC[C@H]4[C@](C)(C(=O)O[C@H]5O[C@@H](CO)[C@H](O)[C@@H](O)[C@@H]5O)[C@@H](O)C[C@@H](O)[C@@]4(C)[C@@H]3CC[C@@]12C. The molecule has 47 heavy (non-hydrogen) atoms. The van der Waals surface area contributed by atoms with Crippen LogP contribution in [0.3, 0.4) is 0 Å². The molecule has 0 aromatic carbocycles. The lowest BCUT2D eigenvalue weighted by Crippen LogP contribution is -2.68. The first-order chi connectivity index (χ1) is 21.7. The zero-order chi connectivity index (χ0) is 35.1. The van der Waals surface area contributed by atoms with E-state index in [0.717, 1.165) is 38.5 Å². The predicted octanol–water partition coefficient (Wildman–Crippen LogP) is 1.87. The molecule has 0 amide bonds. The third kappa shape index (κ3) is 5.62. The second-order valence-corrected chi connectivity index (χ2v) is 17.6. The first-order valence-corrected chi connectivity index (χ1v) is 18.0. The van der Waals surface area contributed by atoms with Crippen LogP contribution in [-0.2, 0) is 14.3 Å². The summed E-state index contributed by atoms with van der Waals surface area (Å²) in [6.07, 6.45) is -3.96. The number of esters is 1. The molecule has 8 N–H and O–H groups in total. The van der Waals surface area contributed by atoms with Crippen LogP contribution in [-0.4, -0.2) is 108 Å². The van der Waals surface area contributed by atoms with Crippen molar-refractivity contribution in [3.05, 3.63) is 0 Å². The summed E-state index contributed by atoms with van der Waals surface area (Å²) < 4.78 is 11.1. The van der Waals surface area contributed by atoms with Gasteiger partial charge < -0.3 is 50.3 Å². The fraction of sp³-hybridized carbons (Fsp3) is 0.972. The molecule has 0 unspecified atom stereocenters. The van der Waals surface area contributed by atoms with Gasteiger partial charge in [0.2, 0.25) is 6.29 Å². The Labute approximate surface area is 279 Å². The number of carbonyl (C=O) groups excluding carboxylic acids is 1. The van der Waals surface area contributed by atoms with Gasteiger partial charge in [0.25, 0.3) is 0 Å². The third-order valence-electron chi connectivity index (χ3n) is 15.2. The molecule has 5 aliphatic rings. The molecule has 5 rings (SSSR count). The van der Waals surface area contributed by atoms with Crippen LogP contribution in [0.15, 0.2) is 0 Å². The Hall–Kier alpha value is -0.890. The van der Waals surface area contributed by atoms with E-state index in [9.17, 15) is 45.6 Å². The molecule has 11 heteroatoms. The maximum atomic E-state index is 14.1. The number of carbonyl (C=O) groups is 1. The van der Waals surface area contributed by atoms with Gasteiger partial charge in [0.15, 0.2) is 0 Å². The highest BCUT2D eigenvalue weighted by molar-refractivity contribution is 5.78. The number of rotatable bonds is 8. The van der Waals surface area contributed by atoms with Crippen LogP contribution in [0.2, 0.25) is 0 Å². The van der Waals surface area contributed by atoms with Gasteiger partial charge in [-0.15, -0.1) is 0 Å². The van der Waals surface area contributed by atoms with Gasteiger partial charge in [-0.1, -0.05) is 27.7 Å². The smallest absolute Gasteiger partial charge is 0.317 e. The number of ether oxygens (including phenoxy) is 2. The Morgan fingerprint density at radius 3 is 2.13 bits per heavy atom. The Morgan fingerprint density at radius 1 is 0.872 bits per heavy atom. The molecule has 4 aliphatic carbocycles. The van der Waals surface area contributed by atoms with Crippen molar-refractivity contribution in [1.82, 2.24) is 0 Å². The standard InChI is InChI=1S/C36H62O11/c1-18(8-11-24(38)32(2,3)45)19-12-14-34(5)20-9-10-23-35(6,21(20)13-15-33(19,34)4)25(39)16-26(40)36(23,7)31(44)47-30-29(43)28(42)27(41)22(17-37)46-30/h18-30,37-43,45H,8-17H2,1-7H3/t18-,19+,20+,21-,22+,23-,24+,25-,26+,27+,28-,29+,30-,33+,34-,35+,36+/m1/s1. The molecule has 0 radical (unpaired) electrons. The Morgan fingerprint density at radius 2 is 1.51 bits per heavy atom. The number of hydrogen-bond acceptors (Lipinski definition) is 11. The highest BCUT2D eigenvalue weighted by Crippen LogP contribution is 2.74. The molecule has 1 aliphatic heterocycles. The van der Waals surface area contributed by atoms with E-state index in [2.05, 4.69) is 27.7 Å². The zero-order valence-corrected chi connectivity index (χ0v) is 29.4. The van der Waals surface area contributed by atoms with Gasteiger partial charge >= 0.3 is 5.97 Å². The van der Waals surface area contributed by atoms with Gasteiger partial charge in [-0.05, 0) is 113 Å². The monoisotopic (exact) mass is 670 g/mol. The highest BCUT2D eigenvalue weighted by atomic mass is 16.7. The van der Waals surface area contributed by atoms with Crippen molar-refractivity contribution in [2.75, 3.05) is 6.61 Å². The molecule has 0 aromatic rings. The second-order valence-electron chi connectivity index (χ2n) is 17.6. The quantitative estimate of drug-likeness (QED) is 0.176. The summed E-state index contributed by atoms with van der Waals surface area (Å²) >= 11 is 0. The van der Waals surface area contributed by atoms with E-state index in [1.54, 1.807) is 20.8 Å². The summed E-state index contributed by atoms with van der Waals surface area (Å²) in [6, 6.07) is 0. The minimum Gasteiger partial charge on any atom is -0.432 e.